The lowest BCUT2D eigenvalue weighted by Crippen LogP contribution is -2.44. The van der Waals surface area contributed by atoms with Gasteiger partial charge in [0.15, 0.2) is 0 Å². The zero-order chi connectivity index (χ0) is 20.8. The van der Waals surface area contributed by atoms with E-state index in [-0.39, 0.29) is 23.1 Å². The van der Waals surface area contributed by atoms with Gasteiger partial charge in [-0.3, -0.25) is 9.59 Å². The number of rotatable bonds is 6. The van der Waals surface area contributed by atoms with Crippen LogP contribution >= 0.6 is 11.3 Å². The van der Waals surface area contributed by atoms with Crippen LogP contribution in [0, 0.1) is 18.7 Å². The molecule has 7 nitrogen and oxygen atoms in total. The van der Waals surface area contributed by atoms with Gasteiger partial charge < -0.3 is 20.1 Å². The molecule has 9 heteroatoms. The fourth-order valence-electron chi connectivity index (χ4n) is 3.48. The molecule has 29 heavy (non-hydrogen) atoms. The first-order valence-electron chi connectivity index (χ1n) is 9.65. The quantitative estimate of drug-likeness (QED) is 0.754. The second kappa shape index (κ2) is 9.69. The van der Waals surface area contributed by atoms with Crippen LogP contribution in [0.3, 0.4) is 0 Å². The summed E-state index contributed by atoms with van der Waals surface area (Å²) >= 11 is 1.14. The van der Waals surface area contributed by atoms with Crippen LogP contribution in [0.15, 0.2) is 34.4 Å². The van der Waals surface area contributed by atoms with Crippen LogP contribution in [0.5, 0.6) is 0 Å². The van der Waals surface area contributed by atoms with E-state index >= 15 is 0 Å². The molecule has 0 aliphatic carbocycles. The van der Waals surface area contributed by atoms with E-state index in [4.69, 9.17) is 0 Å². The molecule has 3 rings (SSSR count). The summed E-state index contributed by atoms with van der Waals surface area (Å²) in [6, 6.07) is 5.31. The predicted molar refractivity (Wildman–Crippen MR) is 111 cm³/mol. The maximum Gasteiger partial charge on any atom is 0.319 e. The summed E-state index contributed by atoms with van der Waals surface area (Å²) < 4.78 is 14.8. The molecule has 1 fully saturated rings. The molecule has 2 aromatic rings. The molecule has 1 saturated heterocycles. The number of aromatic nitrogens is 1. The summed E-state index contributed by atoms with van der Waals surface area (Å²) in [6.45, 7) is 3.97. The Balaban J connectivity index is 1.44. The third-order valence-corrected chi connectivity index (χ3v) is 5.91. The molecule has 1 aliphatic rings. The molecular formula is C20H25FN4O3S. The van der Waals surface area contributed by atoms with E-state index in [1.54, 1.807) is 16.0 Å². The van der Waals surface area contributed by atoms with Crippen molar-refractivity contribution in [3.63, 3.8) is 0 Å². The number of benzene rings is 1. The van der Waals surface area contributed by atoms with E-state index in [2.05, 4.69) is 10.6 Å². The number of carbonyl (C=O) groups is 2. The van der Waals surface area contributed by atoms with Crippen LogP contribution in [0.4, 0.5) is 14.9 Å². The Hall–Kier alpha value is -2.68. The lowest BCUT2D eigenvalue weighted by molar-refractivity contribution is -0.133. The van der Waals surface area contributed by atoms with Gasteiger partial charge in [0.25, 0.3) is 0 Å². The molecule has 156 valence electrons. The highest BCUT2D eigenvalue weighted by atomic mass is 32.1. The maximum atomic E-state index is 13.2. The third-order valence-electron chi connectivity index (χ3n) is 5.03. The number of urea groups is 1. The minimum absolute atomic E-state index is 0.0245. The molecule has 2 heterocycles. The van der Waals surface area contributed by atoms with Crippen molar-refractivity contribution in [2.45, 2.75) is 32.7 Å². The number of nitrogens with zero attached hydrogens (tertiary/aromatic N) is 2. The number of aryl methyl sites for hydroxylation is 1. The highest BCUT2D eigenvalue weighted by Gasteiger charge is 2.24. The fraction of sp³-hybridized carbons (Fsp3) is 0.450. The van der Waals surface area contributed by atoms with E-state index in [9.17, 15) is 18.8 Å². The monoisotopic (exact) mass is 420 g/mol. The molecule has 3 amide bonds. The number of halogens is 1. The number of nitrogens with one attached hydrogen (secondary N) is 2. The summed E-state index contributed by atoms with van der Waals surface area (Å²) in [6.07, 6.45) is 2.09. The van der Waals surface area contributed by atoms with Crippen molar-refractivity contribution in [1.29, 1.82) is 0 Å². The number of amides is 3. The van der Waals surface area contributed by atoms with Crippen molar-refractivity contribution in [3.05, 3.63) is 50.8 Å². The Morgan fingerprint density at radius 3 is 2.90 bits per heavy atom. The van der Waals surface area contributed by atoms with Crippen LogP contribution in [0.2, 0.25) is 0 Å². The van der Waals surface area contributed by atoms with Crippen LogP contribution < -0.4 is 15.5 Å². The van der Waals surface area contributed by atoms with Gasteiger partial charge in [-0.05, 0) is 43.9 Å². The van der Waals surface area contributed by atoms with Crippen LogP contribution in [-0.4, -0.2) is 41.0 Å². The summed E-state index contributed by atoms with van der Waals surface area (Å²) in [7, 11) is 0. The Morgan fingerprint density at radius 2 is 2.17 bits per heavy atom. The number of thiazole rings is 1. The summed E-state index contributed by atoms with van der Waals surface area (Å²) in [5.74, 6) is -0.225. The minimum Gasteiger partial charge on any atom is -0.342 e. The molecule has 0 bridgehead atoms. The average molecular weight is 421 g/mol. The largest absolute Gasteiger partial charge is 0.342 e. The zero-order valence-electron chi connectivity index (χ0n) is 16.3. The van der Waals surface area contributed by atoms with Gasteiger partial charge in [-0.2, -0.15) is 0 Å². The molecule has 0 spiro atoms. The van der Waals surface area contributed by atoms with Gasteiger partial charge in [0.05, 0.1) is 0 Å². The average Bonchev–Trinajstić information content (AvgIpc) is 3.02. The van der Waals surface area contributed by atoms with Gasteiger partial charge in [0, 0.05) is 49.4 Å². The smallest absolute Gasteiger partial charge is 0.319 e. The first-order chi connectivity index (χ1) is 13.9. The van der Waals surface area contributed by atoms with Gasteiger partial charge in [-0.15, -0.1) is 0 Å². The SMILES string of the molecule is Cc1csc(=O)n1CCC(=O)N1CCCC(CNC(=O)Nc2cccc(F)c2)C1. The normalized spacial score (nSPS) is 16.5. The lowest BCUT2D eigenvalue weighted by Gasteiger charge is -2.33. The number of piperidine rings is 1. The fourth-order valence-corrected chi connectivity index (χ4v) is 4.24. The molecule has 0 radical (unpaired) electrons. The summed E-state index contributed by atoms with van der Waals surface area (Å²) in [5.41, 5.74) is 1.26. The Kier molecular flexibility index (Phi) is 7.03. The Morgan fingerprint density at radius 1 is 1.34 bits per heavy atom. The first-order valence-corrected chi connectivity index (χ1v) is 10.5. The highest BCUT2D eigenvalue weighted by Crippen LogP contribution is 2.17. The number of hydrogen-bond acceptors (Lipinski definition) is 4. The van der Waals surface area contributed by atoms with Crippen molar-refractivity contribution < 1.29 is 14.0 Å². The molecular weight excluding hydrogens is 395 g/mol. The Labute approximate surface area is 172 Å². The maximum absolute atomic E-state index is 13.2. The standard InChI is InChI=1S/C20H25FN4O3S/c1-14-13-29-20(28)25(14)9-7-18(26)24-8-3-4-15(12-24)11-22-19(27)23-17-6-2-5-16(21)10-17/h2,5-6,10,13,15H,3-4,7-9,11-12H2,1H3,(H2,22,23,27). The van der Waals surface area contributed by atoms with E-state index in [1.807, 2.05) is 11.8 Å². The number of anilines is 1. The predicted octanol–water partition coefficient (Wildman–Crippen LogP) is 2.81. The molecule has 1 unspecified atom stereocenters. The van der Waals surface area contributed by atoms with Crippen LogP contribution in [0.1, 0.15) is 25.0 Å². The van der Waals surface area contributed by atoms with Gasteiger partial charge in [0.1, 0.15) is 5.82 Å². The zero-order valence-corrected chi connectivity index (χ0v) is 17.1. The minimum atomic E-state index is -0.413. The molecule has 0 saturated carbocycles. The van der Waals surface area contributed by atoms with E-state index in [1.165, 1.54) is 18.2 Å². The van der Waals surface area contributed by atoms with Crippen molar-refractivity contribution in [3.8, 4) is 0 Å². The van der Waals surface area contributed by atoms with Crippen molar-refractivity contribution in [2.24, 2.45) is 5.92 Å². The second-order valence-electron chi connectivity index (χ2n) is 7.24. The molecule has 1 aliphatic heterocycles. The van der Waals surface area contributed by atoms with Crippen molar-refractivity contribution in [1.82, 2.24) is 14.8 Å². The number of carbonyl (C=O) groups excluding carboxylic acids is 2. The van der Waals surface area contributed by atoms with Gasteiger partial charge in [-0.1, -0.05) is 17.4 Å². The van der Waals surface area contributed by atoms with Gasteiger partial charge in [0.2, 0.25) is 5.91 Å². The molecule has 1 aromatic heterocycles. The van der Waals surface area contributed by atoms with Gasteiger partial charge >= 0.3 is 10.9 Å². The third kappa shape index (κ3) is 5.90. The number of hydrogen-bond donors (Lipinski definition) is 2. The van der Waals surface area contributed by atoms with E-state index in [0.29, 0.717) is 31.9 Å². The van der Waals surface area contributed by atoms with Crippen molar-refractivity contribution >= 4 is 29.0 Å². The van der Waals surface area contributed by atoms with Crippen LogP contribution in [-0.2, 0) is 11.3 Å². The van der Waals surface area contributed by atoms with Gasteiger partial charge in [-0.25, -0.2) is 9.18 Å². The lowest BCUT2D eigenvalue weighted by atomic mass is 9.97. The topological polar surface area (TPSA) is 83.4 Å². The molecule has 2 N–H and O–H groups in total. The summed E-state index contributed by atoms with van der Waals surface area (Å²) in [4.78, 5) is 38.1. The Bertz CT molecular complexity index is 926. The highest BCUT2D eigenvalue weighted by molar-refractivity contribution is 7.07. The van der Waals surface area contributed by atoms with Crippen LogP contribution in [0.25, 0.3) is 0 Å². The van der Waals surface area contributed by atoms with Crippen molar-refractivity contribution in [2.75, 3.05) is 25.0 Å². The summed E-state index contributed by atoms with van der Waals surface area (Å²) in [5, 5.41) is 7.19. The molecule has 1 atom stereocenters. The molecule has 1 aromatic carbocycles. The van der Waals surface area contributed by atoms with E-state index in [0.717, 1.165) is 29.9 Å². The first kappa shape index (κ1) is 21.0. The number of likely N-dealkylation sites (tertiary alicyclic amines) is 1. The van der Waals surface area contributed by atoms with E-state index < -0.39 is 11.8 Å². The second-order valence-corrected chi connectivity index (χ2v) is 8.06.